The molecule has 0 N–H and O–H groups in total. The molecule has 0 amide bonds. The number of rotatable bonds is 8. The van der Waals surface area contributed by atoms with Crippen LogP contribution in [0.1, 0.15) is 33.4 Å². The van der Waals surface area contributed by atoms with Crippen molar-refractivity contribution >= 4 is 44.8 Å². The van der Waals surface area contributed by atoms with E-state index in [1.807, 2.05) is 0 Å². The first-order chi connectivity index (χ1) is 26.8. The lowest BCUT2D eigenvalue weighted by Crippen LogP contribution is -1.90. The van der Waals surface area contributed by atoms with Crippen molar-refractivity contribution in [3.05, 3.63) is 252 Å². The summed E-state index contributed by atoms with van der Waals surface area (Å²) in [7, 11) is 0. The van der Waals surface area contributed by atoms with Crippen LogP contribution in [-0.2, 0) is 0 Å². The van der Waals surface area contributed by atoms with Gasteiger partial charge >= 0.3 is 0 Å². The van der Waals surface area contributed by atoms with E-state index in [2.05, 4.69) is 231 Å². The van der Waals surface area contributed by atoms with Crippen LogP contribution in [0.5, 0.6) is 0 Å². The van der Waals surface area contributed by atoms with Gasteiger partial charge in [-0.05, 0) is 100 Å². The summed E-state index contributed by atoms with van der Waals surface area (Å²) in [4.78, 5) is 0. The molecule has 254 valence electrons. The van der Waals surface area contributed by atoms with Gasteiger partial charge in [-0.25, -0.2) is 0 Å². The lowest BCUT2D eigenvalue weighted by atomic mass is 9.89. The SMILES string of the molecule is C(=C(c1ccccc1)c1ccccc1)c1ccc(-c2ccc(-c3ccc(C=C(c4ccccc4)c4ccccc4)c4ccccc34)cc2)c2ccccc12. The van der Waals surface area contributed by atoms with Crippen molar-refractivity contribution in [3.63, 3.8) is 0 Å². The van der Waals surface area contributed by atoms with Crippen LogP contribution in [0.4, 0.5) is 0 Å². The molecule has 0 spiro atoms. The summed E-state index contributed by atoms with van der Waals surface area (Å²) in [5.41, 5.74) is 14.5. The van der Waals surface area contributed by atoms with Gasteiger partial charge in [0.1, 0.15) is 0 Å². The van der Waals surface area contributed by atoms with Gasteiger partial charge in [0.2, 0.25) is 0 Å². The molecule has 0 aliphatic carbocycles. The van der Waals surface area contributed by atoms with E-state index in [1.54, 1.807) is 0 Å². The van der Waals surface area contributed by atoms with Crippen molar-refractivity contribution in [3.8, 4) is 22.3 Å². The Morgan fingerprint density at radius 2 is 0.519 bits per heavy atom. The van der Waals surface area contributed by atoms with Crippen molar-refractivity contribution in [1.29, 1.82) is 0 Å². The van der Waals surface area contributed by atoms with Crippen LogP contribution in [0.3, 0.4) is 0 Å². The molecule has 54 heavy (non-hydrogen) atoms. The standard InChI is InChI=1S/C54H38/c1-5-17-39(18-6-1)53(40-19-7-2-8-20-40)37-45-33-35-49(51-27-15-13-25-47(45)51)43-29-31-44(32-30-43)50-36-34-46(48-26-14-16-28-52(48)50)38-54(41-21-9-3-10-22-41)42-23-11-4-12-24-42/h1-38H. The van der Waals surface area contributed by atoms with Crippen LogP contribution in [0, 0.1) is 0 Å². The molecule has 9 rings (SSSR count). The molecule has 0 saturated heterocycles. The molecule has 0 heterocycles. The van der Waals surface area contributed by atoms with Gasteiger partial charge < -0.3 is 0 Å². The second-order valence-corrected chi connectivity index (χ2v) is 13.7. The number of hydrogen-bond acceptors (Lipinski definition) is 0. The molecule has 0 nitrogen and oxygen atoms in total. The van der Waals surface area contributed by atoms with E-state index in [0.29, 0.717) is 0 Å². The molecule has 0 atom stereocenters. The zero-order valence-electron chi connectivity index (χ0n) is 29.9. The largest absolute Gasteiger partial charge is 0.0622 e. The van der Waals surface area contributed by atoms with E-state index in [9.17, 15) is 0 Å². The quantitative estimate of drug-likeness (QED) is 0.140. The molecule has 0 unspecified atom stereocenters. The van der Waals surface area contributed by atoms with Crippen LogP contribution in [0.25, 0.3) is 67.1 Å². The molecule has 0 bridgehead atoms. The monoisotopic (exact) mass is 686 g/mol. The van der Waals surface area contributed by atoms with Crippen molar-refractivity contribution < 1.29 is 0 Å². The Hall–Kier alpha value is -7.02. The van der Waals surface area contributed by atoms with Gasteiger partial charge in [0.15, 0.2) is 0 Å². The van der Waals surface area contributed by atoms with Gasteiger partial charge in [0, 0.05) is 0 Å². The molecular formula is C54H38. The summed E-state index contributed by atoms with van der Waals surface area (Å²) < 4.78 is 0. The minimum absolute atomic E-state index is 1.20. The van der Waals surface area contributed by atoms with Gasteiger partial charge in [-0.15, -0.1) is 0 Å². The highest BCUT2D eigenvalue weighted by molar-refractivity contribution is 6.06. The summed E-state index contributed by atoms with van der Waals surface area (Å²) >= 11 is 0. The summed E-state index contributed by atoms with van der Waals surface area (Å²) in [6.07, 6.45) is 4.68. The van der Waals surface area contributed by atoms with Gasteiger partial charge in [-0.2, -0.15) is 0 Å². The zero-order chi connectivity index (χ0) is 36.1. The smallest absolute Gasteiger partial charge is 0.00994 e. The van der Waals surface area contributed by atoms with Gasteiger partial charge in [-0.1, -0.05) is 218 Å². The minimum atomic E-state index is 1.20. The Kier molecular flexibility index (Phi) is 9.07. The van der Waals surface area contributed by atoms with E-state index in [1.165, 1.54) is 88.3 Å². The summed E-state index contributed by atoms with van der Waals surface area (Å²) in [5.74, 6) is 0. The van der Waals surface area contributed by atoms with Crippen LogP contribution in [-0.4, -0.2) is 0 Å². The highest BCUT2D eigenvalue weighted by atomic mass is 14.2. The third kappa shape index (κ3) is 6.58. The Balaban J connectivity index is 1.10. The maximum atomic E-state index is 2.34. The molecule has 0 aromatic heterocycles. The fourth-order valence-electron chi connectivity index (χ4n) is 7.68. The van der Waals surface area contributed by atoms with Crippen LogP contribution in [0.2, 0.25) is 0 Å². The molecule has 0 saturated carbocycles. The predicted octanol–water partition coefficient (Wildman–Crippen LogP) is 14.5. The molecule has 9 aromatic carbocycles. The highest BCUT2D eigenvalue weighted by Gasteiger charge is 2.13. The molecular weight excluding hydrogens is 649 g/mol. The van der Waals surface area contributed by atoms with Gasteiger partial charge in [0.25, 0.3) is 0 Å². The average Bonchev–Trinajstić information content (AvgIpc) is 3.26. The normalized spacial score (nSPS) is 11.0. The van der Waals surface area contributed by atoms with E-state index in [4.69, 9.17) is 0 Å². The topological polar surface area (TPSA) is 0 Å². The Bertz CT molecular complexity index is 2480. The lowest BCUT2D eigenvalue weighted by molar-refractivity contribution is 1.55. The Morgan fingerprint density at radius 1 is 0.241 bits per heavy atom. The molecule has 0 heteroatoms. The third-order valence-corrected chi connectivity index (χ3v) is 10.4. The van der Waals surface area contributed by atoms with Crippen LogP contribution in [0.15, 0.2) is 218 Å². The number of benzene rings is 9. The fraction of sp³-hybridized carbons (Fsp3) is 0. The first kappa shape index (κ1) is 32.9. The number of fused-ring (bicyclic) bond motifs is 2. The van der Waals surface area contributed by atoms with Crippen LogP contribution < -0.4 is 0 Å². The lowest BCUT2D eigenvalue weighted by Gasteiger charge is -2.14. The Morgan fingerprint density at radius 3 is 0.833 bits per heavy atom. The van der Waals surface area contributed by atoms with Gasteiger partial charge in [0.05, 0.1) is 0 Å². The van der Waals surface area contributed by atoms with E-state index >= 15 is 0 Å². The van der Waals surface area contributed by atoms with E-state index in [-0.39, 0.29) is 0 Å². The average molecular weight is 687 g/mol. The van der Waals surface area contributed by atoms with Crippen LogP contribution >= 0.6 is 0 Å². The fourth-order valence-corrected chi connectivity index (χ4v) is 7.68. The third-order valence-electron chi connectivity index (χ3n) is 10.4. The summed E-state index contributed by atoms with van der Waals surface area (Å²) in [6.45, 7) is 0. The minimum Gasteiger partial charge on any atom is -0.0622 e. The predicted molar refractivity (Wildman–Crippen MR) is 232 cm³/mol. The number of hydrogen-bond donors (Lipinski definition) is 0. The van der Waals surface area contributed by atoms with Crippen molar-refractivity contribution in [2.24, 2.45) is 0 Å². The molecule has 0 fully saturated rings. The first-order valence-corrected chi connectivity index (χ1v) is 18.6. The summed E-state index contributed by atoms with van der Waals surface area (Å²) in [5, 5.41) is 4.97. The van der Waals surface area contributed by atoms with Crippen molar-refractivity contribution in [2.45, 2.75) is 0 Å². The maximum Gasteiger partial charge on any atom is -0.00994 e. The molecule has 0 aliphatic rings. The highest BCUT2D eigenvalue weighted by Crippen LogP contribution is 2.38. The van der Waals surface area contributed by atoms with E-state index in [0.717, 1.165) is 0 Å². The maximum absolute atomic E-state index is 2.34. The second kappa shape index (κ2) is 14.9. The zero-order valence-corrected chi connectivity index (χ0v) is 29.9. The summed E-state index contributed by atoms with van der Waals surface area (Å²) in [6, 6.07) is 78.5. The molecule has 0 radical (unpaired) electrons. The Labute approximate surface area is 317 Å². The molecule has 0 aliphatic heterocycles. The van der Waals surface area contributed by atoms with Crippen molar-refractivity contribution in [2.75, 3.05) is 0 Å². The van der Waals surface area contributed by atoms with E-state index < -0.39 is 0 Å². The van der Waals surface area contributed by atoms with Gasteiger partial charge in [-0.3, -0.25) is 0 Å². The molecule has 9 aromatic rings. The first-order valence-electron chi connectivity index (χ1n) is 18.6. The second-order valence-electron chi connectivity index (χ2n) is 13.7. The van der Waals surface area contributed by atoms with Crippen molar-refractivity contribution in [1.82, 2.24) is 0 Å².